The van der Waals surface area contributed by atoms with E-state index in [2.05, 4.69) is 11.4 Å². The Kier molecular flexibility index (Phi) is 5.05. The Bertz CT molecular complexity index is 632. The maximum Gasteiger partial charge on any atom is 0.431 e. The minimum absolute atomic E-state index is 0.314. The zero-order valence-corrected chi connectivity index (χ0v) is 11.9. The number of amides is 1. The van der Waals surface area contributed by atoms with Gasteiger partial charge in [0.15, 0.2) is 0 Å². The molecule has 0 bridgehead atoms. The zero-order chi connectivity index (χ0) is 16.2. The molecule has 22 heavy (non-hydrogen) atoms. The third-order valence-electron chi connectivity index (χ3n) is 3.58. The fourth-order valence-electron chi connectivity index (χ4n) is 2.38. The summed E-state index contributed by atoms with van der Waals surface area (Å²) in [6.45, 7) is 0.366. The van der Waals surface area contributed by atoms with E-state index < -0.39 is 23.3 Å². The molecule has 0 saturated carbocycles. The van der Waals surface area contributed by atoms with Crippen LogP contribution in [0, 0.1) is 0 Å². The van der Waals surface area contributed by atoms with Crippen LogP contribution >= 0.6 is 0 Å². The molecule has 1 heterocycles. The lowest BCUT2D eigenvalue weighted by atomic mass is 9.97. The number of aromatic nitrogens is 1. The molecule has 1 aliphatic rings. The third-order valence-corrected chi connectivity index (χ3v) is 3.58. The number of alkyl halides is 3. The Balaban J connectivity index is 1.95. The van der Waals surface area contributed by atoms with Crippen LogP contribution in [-0.2, 0) is 6.18 Å². The summed E-state index contributed by atoms with van der Waals surface area (Å²) >= 11 is 0. The van der Waals surface area contributed by atoms with E-state index in [4.69, 9.17) is 0 Å². The van der Waals surface area contributed by atoms with E-state index in [1.165, 1.54) is 12.0 Å². The summed E-state index contributed by atoms with van der Waals surface area (Å²) in [5, 5.41) is 2.56. The number of nitrogens with one attached hydrogen (secondary N) is 2. The van der Waals surface area contributed by atoms with Crippen LogP contribution in [0.25, 0.3) is 0 Å². The van der Waals surface area contributed by atoms with Crippen LogP contribution in [0.2, 0.25) is 0 Å². The molecule has 7 heteroatoms. The molecule has 2 rings (SSSR count). The quantitative estimate of drug-likeness (QED) is 0.839. The van der Waals surface area contributed by atoms with Gasteiger partial charge in [-0.05, 0) is 44.2 Å². The van der Waals surface area contributed by atoms with Gasteiger partial charge >= 0.3 is 6.18 Å². The van der Waals surface area contributed by atoms with Crippen molar-refractivity contribution >= 4 is 5.91 Å². The predicted molar refractivity (Wildman–Crippen MR) is 75.6 cm³/mol. The van der Waals surface area contributed by atoms with Crippen molar-refractivity contribution in [1.29, 1.82) is 0 Å². The van der Waals surface area contributed by atoms with Crippen molar-refractivity contribution in [2.24, 2.45) is 0 Å². The number of halogens is 3. The maximum atomic E-state index is 12.4. The van der Waals surface area contributed by atoms with E-state index in [0.29, 0.717) is 19.0 Å². The molecule has 0 aliphatic heterocycles. The SMILES string of the molecule is O=C(NCCC1=CCCCC1)c1ccc(C(F)(F)F)[nH]c1=O. The van der Waals surface area contributed by atoms with Crippen molar-refractivity contribution in [3.05, 3.63) is 45.4 Å². The number of pyridine rings is 1. The number of rotatable bonds is 4. The summed E-state index contributed by atoms with van der Waals surface area (Å²) in [6, 6.07) is 1.59. The highest BCUT2D eigenvalue weighted by Crippen LogP contribution is 2.26. The van der Waals surface area contributed by atoms with Crippen LogP contribution in [0.5, 0.6) is 0 Å². The number of allylic oxidation sites excluding steroid dienone is 1. The Morgan fingerprint density at radius 3 is 2.64 bits per heavy atom. The summed E-state index contributed by atoms with van der Waals surface area (Å²) in [7, 11) is 0. The molecule has 0 aromatic carbocycles. The van der Waals surface area contributed by atoms with Crippen molar-refractivity contribution in [2.75, 3.05) is 6.54 Å². The Labute approximate surface area is 125 Å². The zero-order valence-electron chi connectivity index (χ0n) is 11.9. The molecular weight excluding hydrogens is 297 g/mol. The highest BCUT2D eigenvalue weighted by Gasteiger charge is 2.32. The monoisotopic (exact) mass is 314 g/mol. The van der Waals surface area contributed by atoms with Gasteiger partial charge in [0.25, 0.3) is 11.5 Å². The summed E-state index contributed by atoms with van der Waals surface area (Å²) in [6.07, 6.45) is 2.58. The molecule has 1 amide bonds. The summed E-state index contributed by atoms with van der Waals surface area (Å²) in [5.41, 5.74) is -1.25. The number of hydrogen-bond donors (Lipinski definition) is 2. The maximum absolute atomic E-state index is 12.4. The molecule has 0 atom stereocenters. The van der Waals surface area contributed by atoms with Gasteiger partial charge in [0.1, 0.15) is 11.3 Å². The molecule has 0 radical (unpaired) electrons. The van der Waals surface area contributed by atoms with E-state index in [1.807, 2.05) is 0 Å². The average molecular weight is 314 g/mol. The first-order chi connectivity index (χ1) is 10.4. The van der Waals surface area contributed by atoms with Crippen molar-refractivity contribution < 1.29 is 18.0 Å². The second-order valence-electron chi connectivity index (χ2n) is 5.23. The van der Waals surface area contributed by atoms with Crippen LogP contribution in [0.1, 0.15) is 48.2 Å². The van der Waals surface area contributed by atoms with Gasteiger partial charge in [0.2, 0.25) is 0 Å². The molecule has 1 aromatic heterocycles. The lowest BCUT2D eigenvalue weighted by Crippen LogP contribution is -2.31. The van der Waals surface area contributed by atoms with Gasteiger partial charge < -0.3 is 10.3 Å². The van der Waals surface area contributed by atoms with E-state index in [0.717, 1.165) is 25.3 Å². The first kappa shape index (κ1) is 16.3. The molecule has 1 aliphatic carbocycles. The average Bonchev–Trinajstić information content (AvgIpc) is 2.47. The van der Waals surface area contributed by atoms with Gasteiger partial charge in [0, 0.05) is 6.54 Å². The Morgan fingerprint density at radius 2 is 2.05 bits per heavy atom. The summed E-state index contributed by atoms with van der Waals surface area (Å²) in [4.78, 5) is 25.1. The van der Waals surface area contributed by atoms with Crippen LogP contribution in [-0.4, -0.2) is 17.4 Å². The van der Waals surface area contributed by atoms with Gasteiger partial charge in [-0.25, -0.2) is 0 Å². The van der Waals surface area contributed by atoms with Gasteiger partial charge in [0.05, 0.1) is 0 Å². The predicted octanol–water partition coefficient (Wildman–Crippen LogP) is 3.01. The first-order valence-corrected chi connectivity index (χ1v) is 7.14. The first-order valence-electron chi connectivity index (χ1n) is 7.14. The van der Waals surface area contributed by atoms with Crippen LogP contribution in [0.3, 0.4) is 0 Å². The van der Waals surface area contributed by atoms with Gasteiger partial charge in [-0.15, -0.1) is 0 Å². The van der Waals surface area contributed by atoms with Gasteiger partial charge in [-0.1, -0.05) is 11.6 Å². The summed E-state index contributed by atoms with van der Waals surface area (Å²) < 4.78 is 37.3. The molecule has 4 nitrogen and oxygen atoms in total. The lowest BCUT2D eigenvalue weighted by molar-refractivity contribution is -0.141. The molecule has 0 unspecified atom stereocenters. The molecular formula is C15H17F3N2O2. The number of carbonyl (C=O) groups is 1. The second kappa shape index (κ2) is 6.81. The van der Waals surface area contributed by atoms with E-state index in [9.17, 15) is 22.8 Å². The molecule has 0 fully saturated rings. The van der Waals surface area contributed by atoms with Gasteiger partial charge in [-0.3, -0.25) is 9.59 Å². The molecule has 120 valence electrons. The summed E-state index contributed by atoms with van der Waals surface area (Å²) in [5.74, 6) is -0.661. The van der Waals surface area contributed by atoms with Crippen molar-refractivity contribution in [3.63, 3.8) is 0 Å². The van der Waals surface area contributed by atoms with Crippen molar-refractivity contribution in [2.45, 2.75) is 38.3 Å². The second-order valence-corrected chi connectivity index (χ2v) is 5.23. The number of aromatic amines is 1. The lowest BCUT2D eigenvalue weighted by Gasteiger charge is -2.13. The molecule has 1 aromatic rings. The molecule has 2 N–H and O–H groups in total. The normalized spacial score (nSPS) is 15.3. The topological polar surface area (TPSA) is 62.0 Å². The molecule has 0 spiro atoms. The standard InChI is InChI=1S/C15H17F3N2O2/c16-15(17,18)12-7-6-11(14(22)20-12)13(21)19-9-8-10-4-2-1-3-5-10/h4,6-7H,1-3,5,8-9H2,(H,19,21)(H,20,22). The Hall–Kier alpha value is -2.05. The third kappa shape index (κ3) is 4.22. The van der Waals surface area contributed by atoms with Gasteiger partial charge in [-0.2, -0.15) is 13.2 Å². The number of H-pyrrole nitrogens is 1. The fourth-order valence-corrected chi connectivity index (χ4v) is 2.38. The van der Waals surface area contributed by atoms with Crippen LogP contribution < -0.4 is 10.9 Å². The van der Waals surface area contributed by atoms with E-state index in [1.54, 1.807) is 4.98 Å². The fraction of sp³-hybridized carbons (Fsp3) is 0.467. The van der Waals surface area contributed by atoms with E-state index in [-0.39, 0.29) is 5.56 Å². The highest BCUT2D eigenvalue weighted by atomic mass is 19.4. The molecule has 0 saturated heterocycles. The van der Waals surface area contributed by atoms with Crippen molar-refractivity contribution in [1.82, 2.24) is 10.3 Å². The Morgan fingerprint density at radius 1 is 1.27 bits per heavy atom. The minimum Gasteiger partial charge on any atom is -0.352 e. The minimum atomic E-state index is -4.64. The van der Waals surface area contributed by atoms with Crippen LogP contribution in [0.15, 0.2) is 28.6 Å². The van der Waals surface area contributed by atoms with Crippen molar-refractivity contribution in [3.8, 4) is 0 Å². The highest BCUT2D eigenvalue weighted by molar-refractivity contribution is 5.93. The van der Waals surface area contributed by atoms with E-state index >= 15 is 0 Å². The smallest absolute Gasteiger partial charge is 0.352 e. The number of hydrogen-bond acceptors (Lipinski definition) is 2. The van der Waals surface area contributed by atoms with Crippen LogP contribution in [0.4, 0.5) is 13.2 Å². The largest absolute Gasteiger partial charge is 0.431 e. The number of carbonyl (C=O) groups excluding carboxylic acids is 1.